The maximum absolute atomic E-state index is 12.0. The van der Waals surface area contributed by atoms with Gasteiger partial charge in [0.25, 0.3) is 0 Å². The highest BCUT2D eigenvalue weighted by molar-refractivity contribution is 8.13. The molecule has 7 heteroatoms. The highest BCUT2D eigenvalue weighted by Crippen LogP contribution is 2.29. The first-order valence-electron chi connectivity index (χ1n) is 6.03. The summed E-state index contributed by atoms with van der Waals surface area (Å²) in [6.07, 6.45) is 0.130. The third kappa shape index (κ3) is 3.30. The number of carbonyl (C=O) groups is 1. The number of hydrogen-bond acceptors (Lipinski definition) is 4. The number of nitrogens with zero attached hydrogens (tertiary/aromatic N) is 2. The summed E-state index contributed by atoms with van der Waals surface area (Å²) in [6.45, 7) is 2.13. The minimum Gasteiger partial charge on any atom is -0.311 e. The second kappa shape index (κ2) is 5.43. The molecule has 0 saturated carbocycles. The van der Waals surface area contributed by atoms with E-state index in [1.165, 1.54) is 4.90 Å². The van der Waals surface area contributed by atoms with Crippen LogP contribution in [0.25, 0.3) is 0 Å². The van der Waals surface area contributed by atoms with E-state index in [9.17, 15) is 13.2 Å². The van der Waals surface area contributed by atoms with Crippen LogP contribution in [-0.4, -0.2) is 26.6 Å². The molecule has 0 bridgehead atoms. The van der Waals surface area contributed by atoms with Crippen molar-refractivity contribution in [3.63, 3.8) is 0 Å². The monoisotopic (exact) mass is 312 g/mol. The molecule has 0 spiro atoms. The Labute approximate surface area is 122 Å². The van der Waals surface area contributed by atoms with Crippen LogP contribution in [0.15, 0.2) is 18.2 Å². The van der Waals surface area contributed by atoms with Gasteiger partial charge in [0, 0.05) is 29.6 Å². The summed E-state index contributed by atoms with van der Waals surface area (Å²) in [5, 5.41) is 9.10. The summed E-state index contributed by atoms with van der Waals surface area (Å²) in [7, 11) is 1.60. The van der Waals surface area contributed by atoms with E-state index in [1.807, 2.05) is 13.0 Å². The zero-order valence-electron chi connectivity index (χ0n) is 10.8. The first-order valence-corrected chi connectivity index (χ1v) is 8.51. The van der Waals surface area contributed by atoms with Gasteiger partial charge in [0.2, 0.25) is 15.0 Å². The first kappa shape index (κ1) is 14.8. The van der Waals surface area contributed by atoms with E-state index in [0.717, 1.165) is 5.56 Å². The Balaban J connectivity index is 2.29. The number of benzene rings is 1. The van der Waals surface area contributed by atoms with Gasteiger partial charge in [0.1, 0.15) is 6.07 Å². The van der Waals surface area contributed by atoms with Gasteiger partial charge in [-0.25, -0.2) is 8.42 Å². The fourth-order valence-corrected chi connectivity index (χ4v) is 3.69. The second-order valence-electron chi connectivity index (χ2n) is 4.91. The molecule has 106 valence electrons. The highest BCUT2D eigenvalue weighted by atomic mass is 35.7. The van der Waals surface area contributed by atoms with Crippen molar-refractivity contribution in [2.75, 3.05) is 17.2 Å². The van der Waals surface area contributed by atoms with Gasteiger partial charge in [-0.2, -0.15) is 5.26 Å². The topological polar surface area (TPSA) is 78.2 Å². The fourth-order valence-electron chi connectivity index (χ4n) is 2.37. The van der Waals surface area contributed by atoms with Crippen LogP contribution in [0.2, 0.25) is 0 Å². The predicted molar refractivity (Wildman–Crippen MR) is 76.0 cm³/mol. The van der Waals surface area contributed by atoms with Crippen molar-refractivity contribution < 1.29 is 13.2 Å². The van der Waals surface area contributed by atoms with E-state index >= 15 is 0 Å². The number of anilines is 1. The van der Waals surface area contributed by atoms with Gasteiger partial charge in [-0.05, 0) is 24.6 Å². The fraction of sp³-hybridized carbons (Fsp3) is 0.385. The lowest BCUT2D eigenvalue weighted by Gasteiger charge is -2.18. The molecular formula is C13H13ClN2O3S. The van der Waals surface area contributed by atoms with Crippen LogP contribution in [-0.2, 0) is 13.8 Å². The Bertz CT molecular complexity index is 694. The number of hydrogen-bond donors (Lipinski definition) is 0. The molecule has 5 nitrogen and oxygen atoms in total. The summed E-state index contributed by atoms with van der Waals surface area (Å²) in [5.74, 6) is -0.751. The number of amides is 1. The number of halogens is 1. The molecular weight excluding hydrogens is 300 g/mol. The second-order valence-corrected chi connectivity index (χ2v) is 7.73. The zero-order valence-corrected chi connectivity index (χ0v) is 12.4. The molecule has 1 aliphatic heterocycles. The van der Waals surface area contributed by atoms with Gasteiger partial charge < -0.3 is 4.90 Å². The molecule has 0 radical (unpaired) electrons. The normalized spacial score (nSPS) is 19.1. The van der Waals surface area contributed by atoms with E-state index in [4.69, 9.17) is 15.9 Å². The van der Waals surface area contributed by atoms with Crippen LogP contribution >= 0.6 is 10.7 Å². The average Bonchev–Trinajstić information content (AvgIpc) is 2.67. The Morgan fingerprint density at radius 1 is 1.50 bits per heavy atom. The van der Waals surface area contributed by atoms with Crippen molar-refractivity contribution in [3.8, 4) is 6.07 Å². The van der Waals surface area contributed by atoms with Gasteiger partial charge in [0.05, 0.1) is 17.0 Å². The Morgan fingerprint density at radius 3 is 2.80 bits per heavy atom. The number of nitriles is 1. The van der Waals surface area contributed by atoms with Gasteiger partial charge in [0.15, 0.2) is 0 Å². The minimum absolute atomic E-state index is 0.130. The summed E-state index contributed by atoms with van der Waals surface area (Å²) in [5.41, 5.74) is 1.87. The Hall–Kier alpha value is -1.58. The first-order chi connectivity index (χ1) is 9.30. The van der Waals surface area contributed by atoms with Crippen molar-refractivity contribution in [1.82, 2.24) is 0 Å². The molecule has 0 aliphatic carbocycles. The van der Waals surface area contributed by atoms with Gasteiger partial charge in [-0.1, -0.05) is 6.07 Å². The molecule has 20 heavy (non-hydrogen) atoms. The standard InChI is InChI=1S/C13H13ClN2O3S/c1-9-2-3-11(6-15)12(4-9)16-7-10(5-13(16)17)8-20(14,18)19/h2-4,10H,5,7-8H2,1H3. The average molecular weight is 313 g/mol. The van der Waals surface area contributed by atoms with Crippen molar-refractivity contribution in [1.29, 1.82) is 5.26 Å². The van der Waals surface area contributed by atoms with E-state index in [0.29, 0.717) is 11.3 Å². The molecule has 1 heterocycles. The smallest absolute Gasteiger partial charge is 0.232 e. The van der Waals surface area contributed by atoms with Crippen molar-refractivity contribution in [2.24, 2.45) is 5.92 Å². The highest BCUT2D eigenvalue weighted by Gasteiger charge is 2.34. The van der Waals surface area contributed by atoms with Gasteiger partial charge in [-0.3, -0.25) is 4.79 Å². The van der Waals surface area contributed by atoms with Crippen LogP contribution in [0.1, 0.15) is 17.5 Å². The van der Waals surface area contributed by atoms with E-state index < -0.39 is 9.05 Å². The van der Waals surface area contributed by atoms with Crippen LogP contribution in [0.5, 0.6) is 0 Å². The summed E-state index contributed by atoms with van der Waals surface area (Å²) < 4.78 is 22.2. The molecule has 2 rings (SSSR count). The summed E-state index contributed by atoms with van der Waals surface area (Å²) >= 11 is 0. The lowest BCUT2D eigenvalue weighted by atomic mass is 10.1. The van der Waals surface area contributed by atoms with Gasteiger partial charge >= 0.3 is 0 Å². The van der Waals surface area contributed by atoms with Crippen molar-refractivity contribution >= 4 is 31.3 Å². The predicted octanol–water partition coefficient (Wildman–Crippen LogP) is 1.79. The lowest BCUT2D eigenvalue weighted by molar-refractivity contribution is -0.117. The molecule has 1 aliphatic rings. The largest absolute Gasteiger partial charge is 0.311 e. The zero-order chi connectivity index (χ0) is 14.9. The van der Waals surface area contributed by atoms with Crippen molar-refractivity contribution in [2.45, 2.75) is 13.3 Å². The number of rotatable bonds is 3. The molecule has 1 aromatic carbocycles. The quantitative estimate of drug-likeness (QED) is 0.797. The van der Waals surface area contributed by atoms with Crippen LogP contribution in [0, 0.1) is 24.2 Å². The molecule has 1 saturated heterocycles. The molecule has 1 atom stereocenters. The minimum atomic E-state index is -3.63. The van der Waals surface area contributed by atoms with Crippen LogP contribution in [0.3, 0.4) is 0 Å². The summed E-state index contributed by atoms with van der Waals surface area (Å²) in [4.78, 5) is 13.5. The summed E-state index contributed by atoms with van der Waals surface area (Å²) in [6, 6.07) is 7.25. The van der Waals surface area contributed by atoms with Crippen LogP contribution < -0.4 is 4.90 Å². The van der Waals surface area contributed by atoms with E-state index in [-0.39, 0.29) is 30.5 Å². The van der Waals surface area contributed by atoms with Gasteiger partial charge in [-0.15, -0.1) is 0 Å². The van der Waals surface area contributed by atoms with Crippen LogP contribution in [0.4, 0.5) is 5.69 Å². The Kier molecular flexibility index (Phi) is 4.02. The SMILES string of the molecule is Cc1ccc(C#N)c(N2CC(CS(=O)(=O)Cl)CC2=O)c1. The molecule has 0 aromatic heterocycles. The maximum atomic E-state index is 12.0. The third-order valence-corrected chi connectivity index (χ3v) is 4.45. The molecule has 0 N–H and O–H groups in total. The molecule has 1 amide bonds. The van der Waals surface area contributed by atoms with Crippen molar-refractivity contribution in [3.05, 3.63) is 29.3 Å². The van der Waals surface area contributed by atoms with E-state index in [2.05, 4.69) is 0 Å². The molecule has 1 aromatic rings. The number of carbonyl (C=O) groups excluding carboxylic acids is 1. The van der Waals surface area contributed by atoms with E-state index in [1.54, 1.807) is 18.2 Å². The molecule has 1 fully saturated rings. The number of aryl methyl sites for hydroxylation is 1. The Morgan fingerprint density at radius 2 is 2.20 bits per heavy atom. The third-order valence-electron chi connectivity index (χ3n) is 3.20. The molecule has 1 unspecified atom stereocenters. The maximum Gasteiger partial charge on any atom is 0.232 e. The lowest BCUT2D eigenvalue weighted by Crippen LogP contribution is -2.26.